The highest BCUT2D eigenvalue weighted by molar-refractivity contribution is 6.04. The number of fused-ring (bicyclic) bond motifs is 1. The first-order valence-corrected chi connectivity index (χ1v) is 10.00. The molecule has 0 bridgehead atoms. The molecule has 2 aliphatic heterocycles. The van der Waals surface area contributed by atoms with Crippen LogP contribution in [0.5, 0.6) is 5.75 Å². The maximum Gasteiger partial charge on any atom is 0.327 e. The van der Waals surface area contributed by atoms with E-state index in [2.05, 4.69) is 10.3 Å². The number of methoxy groups -OCH3 is 1. The number of Topliss-reactive ketones (excluding diaryl/α,β-unsaturated/α-hetero) is 1. The van der Waals surface area contributed by atoms with Crippen molar-refractivity contribution in [3.05, 3.63) is 59.9 Å². The number of rotatable bonds is 6. The summed E-state index contributed by atoms with van der Waals surface area (Å²) in [5.74, 6) is 0.245. The van der Waals surface area contributed by atoms with Gasteiger partial charge in [-0.3, -0.25) is 19.5 Å². The van der Waals surface area contributed by atoms with Gasteiger partial charge in [-0.2, -0.15) is 0 Å². The van der Waals surface area contributed by atoms with E-state index < -0.39 is 12.1 Å². The highest BCUT2D eigenvalue weighted by atomic mass is 16.5. The van der Waals surface area contributed by atoms with Crippen LogP contribution >= 0.6 is 0 Å². The number of carbonyl (C=O) groups is 3. The topological polar surface area (TPSA) is 91.8 Å². The number of amides is 3. The van der Waals surface area contributed by atoms with E-state index in [4.69, 9.17) is 4.74 Å². The Morgan fingerprint density at radius 2 is 1.90 bits per heavy atom. The highest BCUT2D eigenvalue weighted by Gasteiger charge is 2.47. The quantitative estimate of drug-likeness (QED) is 0.734. The molecule has 2 saturated heterocycles. The average molecular weight is 408 g/mol. The summed E-state index contributed by atoms with van der Waals surface area (Å²) in [5, 5.41) is 3.24. The maximum atomic E-state index is 13.3. The number of piperidine rings is 1. The van der Waals surface area contributed by atoms with E-state index in [-0.39, 0.29) is 30.8 Å². The average Bonchev–Trinajstić information content (AvgIpc) is 2.80. The first kappa shape index (κ1) is 20.0. The molecule has 1 aromatic heterocycles. The number of aromatic nitrogens is 1. The molecule has 0 saturated carbocycles. The van der Waals surface area contributed by atoms with E-state index >= 15 is 0 Å². The molecule has 4 rings (SSSR count). The molecule has 3 heterocycles. The van der Waals surface area contributed by atoms with Crippen molar-refractivity contribution in [1.82, 2.24) is 20.1 Å². The van der Waals surface area contributed by atoms with Crippen LogP contribution in [0.3, 0.4) is 0 Å². The lowest BCUT2D eigenvalue weighted by molar-refractivity contribution is -0.137. The Hall–Kier alpha value is -3.26. The molecule has 2 unspecified atom stereocenters. The summed E-state index contributed by atoms with van der Waals surface area (Å²) < 4.78 is 5.14. The number of ketones is 1. The Morgan fingerprint density at radius 1 is 1.17 bits per heavy atom. The van der Waals surface area contributed by atoms with Crippen LogP contribution in [0.4, 0.5) is 4.79 Å². The minimum absolute atomic E-state index is 0.0753. The van der Waals surface area contributed by atoms with Crippen molar-refractivity contribution in [2.75, 3.05) is 20.2 Å². The summed E-state index contributed by atoms with van der Waals surface area (Å²) in [5.41, 5.74) is 1.31. The van der Waals surface area contributed by atoms with E-state index in [0.29, 0.717) is 24.3 Å². The predicted molar refractivity (Wildman–Crippen MR) is 109 cm³/mol. The highest BCUT2D eigenvalue weighted by Crippen LogP contribution is 2.26. The minimum atomic E-state index is -0.498. The summed E-state index contributed by atoms with van der Waals surface area (Å²) in [6, 6.07) is 9.10. The number of hydrogen-bond donors (Lipinski definition) is 1. The molecule has 0 spiro atoms. The lowest BCUT2D eigenvalue weighted by Crippen LogP contribution is -2.69. The van der Waals surface area contributed by atoms with Crippen molar-refractivity contribution in [2.45, 2.75) is 31.5 Å². The fourth-order valence-corrected chi connectivity index (χ4v) is 4.04. The van der Waals surface area contributed by atoms with E-state index in [9.17, 15) is 14.4 Å². The van der Waals surface area contributed by atoms with Gasteiger partial charge in [0.25, 0.3) is 0 Å². The number of hydrogen-bond acceptors (Lipinski definition) is 6. The summed E-state index contributed by atoms with van der Waals surface area (Å²) in [6.07, 6.45) is 4.79. The van der Waals surface area contributed by atoms with Crippen molar-refractivity contribution < 1.29 is 19.1 Å². The van der Waals surface area contributed by atoms with Crippen LogP contribution < -0.4 is 10.1 Å². The molecule has 156 valence electrons. The first-order chi connectivity index (χ1) is 14.6. The Morgan fingerprint density at radius 3 is 2.60 bits per heavy atom. The third kappa shape index (κ3) is 3.91. The number of carbonyl (C=O) groups excluding carboxylic acids is 3. The van der Waals surface area contributed by atoms with Crippen LogP contribution in [0.25, 0.3) is 0 Å². The number of urea groups is 1. The predicted octanol–water partition coefficient (Wildman–Crippen LogP) is 1.86. The number of nitrogens with one attached hydrogen (secondary N) is 1. The van der Waals surface area contributed by atoms with Gasteiger partial charge in [-0.1, -0.05) is 0 Å². The second-order valence-electron chi connectivity index (χ2n) is 7.48. The zero-order valence-electron chi connectivity index (χ0n) is 16.8. The second-order valence-corrected chi connectivity index (χ2v) is 7.48. The fraction of sp³-hybridized carbons (Fsp3) is 0.364. The van der Waals surface area contributed by atoms with Crippen LogP contribution in [-0.2, 0) is 11.3 Å². The second kappa shape index (κ2) is 8.62. The van der Waals surface area contributed by atoms with Crippen LogP contribution in [0.1, 0.15) is 28.8 Å². The van der Waals surface area contributed by atoms with E-state index in [1.165, 1.54) is 4.90 Å². The largest absolute Gasteiger partial charge is 0.497 e. The van der Waals surface area contributed by atoms with Crippen LogP contribution in [0, 0.1) is 0 Å². The molecule has 0 radical (unpaired) electrons. The number of imide groups is 1. The lowest BCUT2D eigenvalue weighted by Gasteiger charge is -2.46. The first-order valence-electron chi connectivity index (χ1n) is 10.00. The van der Waals surface area contributed by atoms with Crippen molar-refractivity contribution in [1.29, 1.82) is 0 Å². The zero-order valence-corrected chi connectivity index (χ0v) is 16.8. The van der Waals surface area contributed by atoms with Crippen molar-refractivity contribution in [3.8, 4) is 5.75 Å². The van der Waals surface area contributed by atoms with Gasteiger partial charge in [-0.15, -0.1) is 0 Å². The van der Waals surface area contributed by atoms with E-state index in [0.717, 1.165) is 12.0 Å². The summed E-state index contributed by atoms with van der Waals surface area (Å²) in [4.78, 5) is 46.0. The summed E-state index contributed by atoms with van der Waals surface area (Å²) >= 11 is 0. The van der Waals surface area contributed by atoms with Gasteiger partial charge in [-0.05, 0) is 61.3 Å². The number of ether oxygens (including phenoxy) is 1. The minimum Gasteiger partial charge on any atom is -0.497 e. The van der Waals surface area contributed by atoms with E-state index in [1.54, 1.807) is 60.8 Å². The fourth-order valence-electron chi connectivity index (χ4n) is 4.04. The Labute approximate surface area is 174 Å². The zero-order chi connectivity index (χ0) is 21.1. The Kier molecular flexibility index (Phi) is 5.76. The molecule has 1 aromatic carbocycles. The van der Waals surface area contributed by atoms with Gasteiger partial charge in [0.2, 0.25) is 5.91 Å². The molecule has 1 N–H and O–H groups in total. The van der Waals surface area contributed by atoms with Gasteiger partial charge in [0.1, 0.15) is 11.8 Å². The molecule has 2 atom stereocenters. The van der Waals surface area contributed by atoms with Crippen LogP contribution in [0.2, 0.25) is 0 Å². The number of nitrogens with zero attached hydrogens (tertiary/aromatic N) is 3. The van der Waals surface area contributed by atoms with Gasteiger partial charge in [-0.25, -0.2) is 4.79 Å². The maximum absolute atomic E-state index is 13.3. The summed E-state index contributed by atoms with van der Waals surface area (Å²) in [6.45, 7) is 0.789. The molecule has 8 heteroatoms. The van der Waals surface area contributed by atoms with E-state index in [1.807, 2.05) is 0 Å². The smallest absolute Gasteiger partial charge is 0.327 e. The van der Waals surface area contributed by atoms with Gasteiger partial charge in [0, 0.05) is 18.0 Å². The third-order valence-electron chi connectivity index (χ3n) is 5.65. The van der Waals surface area contributed by atoms with Gasteiger partial charge in [0.15, 0.2) is 5.78 Å². The molecule has 2 aliphatic rings. The van der Waals surface area contributed by atoms with Gasteiger partial charge >= 0.3 is 6.03 Å². The lowest BCUT2D eigenvalue weighted by atomic mass is 9.92. The normalized spacial score (nSPS) is 21.4. The van der Waals surface area contributed by atoms with Crippen molar-refractivity contribution in [2.24, 2.45) is 0 Å². The van der Waals surface area contributed by atoms with Gasteiger partial charge < -0.3 is 15.0 Å². The molecule has 0 aliphatic carbocycles. The molecule has 8 nitrogen and oxygen atoms in total. The molecule has 3 amide bonds. The summed E-state index contributed by atoms with van der Waals surface area (Å²) in [7, 11) is 1.56. The molecule has 2 aromatic rings. The van der Waals surface area contributed by atoms with Gasteiger partial charge in [0.05, 0.1) is 26.2 Å². The molecule has 30 heavy (non-hydrogen) atoms. The molecular weight excluding hydrogens is 384 g/mol. The van der Waals surface area contributed by atoms with Crippen LogP contribution in [0.15, 0.2) is 48.8 Å². The Bertz CT molecular complexity index is 932. The monoisotopic (exact) mass is 408 g/mol. The molecular formula is C22H24N4O4. The third-order valence-corrected chi connectivity index (χ3v) is 5.65. The van der Waals surface area contributed by atoms with Crippen molar-refractivity contribution >= 4 is 17.7 Å². The van der Waals surface area contributed by atoms with Crippen LogP contribution in [-0.4, -0.2) is 64.8 Å². The standard InChI is InChI=1S/C22H24N4O4/c1-30-17-6-4-16(5-7-17)19(27)14-25-18-3-2-10-24-20(18)21(28)26(22(25)29)13-15-8-11-23-12-9-15/h4-9,11-12,18,20,24H,2-3,10,13-14H2,1H3. The SMILES string of the molecule is COc1ccc(C(=O)CN2C(=O)N(Cc3ccncc3)C(=O)C3NCCCC32)cc1. The molecule has 2 fully saturated rings. The van der Waals surface area contributed by atoms with Crippen molar-refractivity contribution in [3.63, 3.8) is 0 Å². The number of benzene rings is 1. The number of pyridine rings is 1. The Balaban J connectivity index is 1.58.